The van der Waals surface area contributed by atoms with Crippen LogP contribution in [0.3, 0.4) is 0 Å². The van der Waals surface area contributed by atoms with Gasteiger partial charge in [-0.15, -0.1) is 0 Å². The van der Waals surface area contributed by atoms with Crippen molar-refractivity contribution in [3.8, 4) is 11.5 Å². The van der Waals surface area contributed by atoms with Gasteiger partial charge >= 0.3 is 0 Å². The third-order valence-corrected chi connectivity index (χ3v) is 13.9. The Morgan fingerprint density at radius 2 is 1.61 bits per heavy atom. The molecule has 2 bridgehead atoms. The molecule has 1 amide bonds. The molecule has 3 saturated carbocycles. The summed E-state index contributed by atoms with van der Waals surface area (Å²) in [5, 5.41) is 23.9. The van der Waals surface area contributed by atoms with Gasteiger partial charge in [0.25, 0.3) is 0 Å². The van der Waals surface area contributed by atoms with Crippen LogP contribution >= 0.6 is 0 Å². The van der Waals surface area contributed by atoms with Crippen LogP contribution in [0.1, 0.15) is 87.6 Å². The van der Waals surface area contributed by atoms with Crippen LogP contribution in [0.4, 0.5) is 0 Å². The molecule has 2 N–H and O–H groups in total. The number of nitrogens with zero attached hydrogens (tertiary/aromatic N) is 1. The highest BCUT2D eigenvalue weighted by Gasteiger charge is 2.73. The van der Waals surface area contributed by atoms with Crippen LogP contribution in [0.25, 0.3) is 0 Å². The van der Waals surface area contributed by atoms with Crippen LogP contribution in [0.2, 0.25) is 0 Å². The first kappa shape index (κ1) is 34.0. The molecule has 8 rings (SSSR count). The zero-order valence-electron chi connectivity index (χ0n) is 29.6. The monoisotopic (exact) mass is 667 g/mol. The first-order valence-corrected chi connectivity index (χ1v) is 18.4. The molecule has 0 aliphatic heterocycles. The molecular formula is C42H53NO6. The number of hydrogen-bond acceptors (Lipinski definition) is 6. The molecule has 2 aromatic rings. The minimum absolute atomic E-state index is 0.00959. The summed E-state index contributed by atoms with van der Waals surface area (Å²) in [7, 11) is 3.18. The summed E-state index contributed by atoms with van der Waals surface area (Å²) >= 11 is 0. The van der Waals surface area contributed by atoms with E-state index >= 15 is 0 Å². The van der Waals surface area contributed by atoms with Crippen molar-refractivity contribution in [3.05, 3.63) is 84.0 Å². The average Bonchev–Trinajstić information content (AvgIpc) is 3.40. The number of methoxy groups -OCH3 is 2. The van der Waals surface area contributed by atoms with Gasteiger partial charge in [-0.25, -0.2) is 0 Å². The molecule has 262 valence electrons. The summed E-state index contributed by atoms with van der Waals surface area (Å²) in [6.07, 6.45) is 16.0. The Balaban J connectivity index is 1.25. The van der Waals surface area contributed by atoms with Gasteiger partial charge in [-0.3, -0.25) is 9.59 Å². The van der Waals surface area contributed by atoms with E-state index in [0.29, 0.717) is 35.9 Å². The van der Waals surface area contributed by atoms with Crippen molar-refractivity contribution in [2.45, 2.75) is 89.8 Å². The van der Waals surface area contributed by atoms with Gasteiger partial charge in [-0.1, -0.05) is 74.5 Å². The minimum Gasteiger partial charge on any atom is -0.493 e. The second-order valence-electron chi connectivity index (χ2n) is 16.0. The smallest absolute Gasteiger partial charge is 0.227 e. The van der Waals surface area contributed by atoms with Crippen LogP contribution in [-0.2, 0) is 11.2 Å². The van der Waals surface area contributed by atoms with Crippen molar-refractivity contribution in [2.24, 2.45) is 33.5 Å². The number of amides is 1. The van der Waals surface area contributed by atoms with E-state index < -0.39 is 11.0 Å². The summed E-state index contributed by atoms with van der Waals surface area (Å²) in [5.41, 5.74) is -0.870. The first-order valence-electron chi connectivity index (χ1n) is 18.4. The van der Waals surface area contributed by atoms with E-state index in [9.17, 15) is 19.8 Å². The molecule has 2 aromatic carbocycles. The van der Waals surface area contributed by atoms with Gasteiger partial charge in [0.15, 0.2) is 17.3 Å². The lowest BCUT2D eigenvalue weighted by Crippen LogP contribution is -2.66. The number of Topliss-reactive ketones (excluding diaryl/α,β-unsaturated/α-hetero) is 1. The molecule has 6 aliphatic carbocycles. The van der Waals surface area contributed by atoms with Crippen molar-refractivity contribution in [3.63, 3.8) is 0 Å². The van der Waals surface area contributed by atoms with Gasteiger partial charge in [0.1, 0.15) is 0 Å². The number of aliphatic hydroxyl groups is 2. The lowest BCUT2D eigenvalue weighted by atomic mass is 9.34. The SMILES string of the molecule is CCCN(C[C@]1(O)CC[C@H]2C34C=CC5(C=C3)C[C@@H](O)CC[C@]5(C)[C@H]4CC[C@@]21CC(=O)c1ccccc1)C(=O)Cc1ccc(OC)c(OC)c1. The first-order chi connectivity index (χ1) is 23.5. The Labute approximate surface area is 291 Å². The molecular weight excluding hydrogens is 614 g/mol. The highest BCUT2D eigenvalue weighted by Crippen LogP contribution is 2.77. The highest BCUT2D eigenvalue weighted by atomic mass is 16.5. The molecule has 0 unspecified atom stereocenters. The standard InChI is InChI=1S/C42H53NO6/c1-5-23-43(37(46)25-29-11-12-33(48-3)34(24-29)49-4)28-42(47)18-15-36-40-21-19-39(20-22-40)26-31(44)13-16-38(39,2)35(40)14-17-41(36,42)27-32(45)30-9-7-6-8-10-30/h6-12,19-22,24,31,35-36,44,47H,5,13-18,23,25-28H2,1-4H3/t31-,35+,36-,38+,39?,40?,41+,42+/m0/s1. The molecule has 0 saturated heterocycles. The van der Waals surface area contributed by atoms with Crippen LogP contribution in [0, 0.1) is 33.5 Å². The van der Waals surface area contributed by atoms with E-state index in [1.54, 1.807) is 14.2 Å². The predicted molar refractivity (Wildman–Crippen MR) is 189 cm³/mol. The van der Waals surface area contributed by atoms with E-state index in [0.717, 1.165) is 50.5 Å². The van der Waals surface area contributed by atoms with Crippen molar-refractivity contribution in [2.75, 3.05) is 27.3 Å². The Morgan fingerprint density at radius 1 is 0.898 bits per heavy atom. The van der Waals surface area contributed by atoms with E-state index in [4.69, 9.17) is 9.47 Å². The molecule has 7 nitrogen and oxygen atoms in total. The number of carbonyl (C=O) groups is 2. The molecule has 7 heteroatoms. The maximum absolute atomic E-state index is 14.2. The third-order valence-electron chi connectivity index (χ3n) is 13.9. The predicted octanol–water partition coefficient (Wildman–Crippen LogP) is 6.96. The van der Waals surface area contributed by atoms with Crippen molar-refractivity contribution >= 4 is 11.7 Å². The normalized spacial score (nSPS) is 36.8. The molecule has 0 heterocycles. The van der Waals surface area contributed by atoms with E-state index in [1.165, 1.54) is 0 Å². The maximum Gasteiger partial charge on any atom is 0.227 e. The molecule has 6 atom stereocenters. The molecule has 0 aromatic heterocycles. The Bertz CT molecular complexity index is 1640. The topological polar surface area (TPSA) is 96.3 Å². The molecule has 49 heavy (non-hydrogen) atoms. The third kappa shape index (κ3) is 5.13. The minimum atomic E-state index is -1.23. The van der Waals surface area contributed by atoms with Crippen LogP contribution in [-0.4, -0.2) is 65.8 Å². The maximum atomic E-state index is 14.2. The zero-order chi connectivity index (χ0) is 34.7. The van der Waals surface area contributed by atoms with Gasteiger partial charge < -0.3 is 24.6 Å². The van der Waals surface area contributed by atoms with Crippen molar-refractivity contribution in [1.29, 1.82) is 0 Å². The summed E-state index contributed by atoms with van der Waals surface area (Å²) < 4.78 is 10.9. The number of carbonyl (C=O) groups excluding carboxylic acids is 2. The van der Waals surface area contributed by atoms with Gasteiger partial charge in [0.2, 0.25) is 5.91 Å². The highest BCUT2D eigenvalue weighted by molar-refractivity contribution is 5.96. The number of rotatable bonds is 11. The molecule has 2 spiro atoms. The second-order valence-corrected chi connectivity index (χ2v) is 16.0. The number of allylic oxidation sites excluding steroid dienone is 4. The van der Waals surface area contributed by atoms with Gasteiger partial charge in [0.05, 0.1) is 32.3 Å². The number of ketones is 1. The summed E-state index contributed by atoms with van der Waals surface area (Å²) in [6.45, 7) is 5.22. The Kier molecular flexibility index (Phi) is 8.63. The van der Waals surface area contributed by atoms with E-state index in [1.807, 2.05) is 53.4 Å². The molecule has 3 fully saturated rings. The lowest BCUT2D eigenvalue weighted by Gasteiger charge is -2.70. The lowest BCUT2D eigenvalue weighted by molar-refractivity contribution is -0.180. The fraction of sp³-hybridized carbons (Fsp3) is 0.571. The van der Waals surface area contributed by atoms with Crippen LogP contribution < -0.4 is 9.47 Å². The van der Waals surface area contributed by atoms with Crippen molar-refractivity contribution < 1.29 is 29.3 Å². The van der Waals surface area contributed by atoms with Crippen LogP contribution in [0.5, 0.6) is 11.5 Å². The van der Waals surface area contributed by atoms with E-state index in [-0.39, 0.29) is 59.3 Å². The Morgan fingerprint density at radius 3 is 2.31 bits per heavy atom. The molecule has 0 radical (unpaired) electrons. The van der Waals surface area contributed by atoms with Crippen molar-refractivity contribution in [1.82, 2.24) is 4.90 Å². The fourth-order valence-corrected chi connectivity index (χ4v) is 11.5. The van der Waals surface area contributed by atoms with Gasteiger partial charge in [-0.05, 0) is 86.3 Å². The Hall–Kier alpha value is -3.42. The van der Waals surface area contributed by atoms with Gasteiger partial charge in [-0.2, -0.15) is 0 Å². The van der Waals surface area contributed by atoms with Gasteiger partial charge in [0, 0.05) is 41.3 Å². The summed E-state index contributed by atoms with van der Waals surface area (Å²) in [5.74, 6) is 1.62. The number of fused-ring (bicyclic) bond motifs is 1. The second kappa shape index (κ2) is 12.4. The number of hydrogen-bond donors (Lipinski definition) is 2. The fourth-order valence-electron chi connectivity index (χ4n) is 11.5. The zero-order valence-corrected chi connectivity index (χ0v) is 29.6. The number of benzene rings is 2. The number of ether oxygens (including phenoxy) is 2. The summed E-state index contributed by atoms with van der Waals surface area (Å²) in [4.78, 5) is 30.2. The quantitative estimate of drug-likeness (QED) is 0.199. The van der Waals surface area contributed by atoms with E-state index in [2.05, 4.69) is 38.2 Å². The summed E-state index contributed by atoms with van der Waals surface area (Å²) in [6, 6.07) is 15.0. The average molecular weight is 668 g/mol. The van der Waals surface area contributed by atoms with Crippen LogP contribution in [0.15, 0.2) is 72.8 Å². The molecule has 6 aliphatic rings. The number of aliphatic hydroxyl groups excluding tert-OH is 1. The largest absolute Gasteiger partial charge is 0.493 e.